The van der Waals surface area contributed by atoms with Gasteiger partial charge in [-0.15, -0.1) is 0 Å². The molecule has 1 heterocycles. The molecule has 26 heavy (non-hydrogen) atoms. The largest absolute Gasteiger partial charge is 0.493 e. The Hall–Kier alpha value is -2.99. The molecule has 0 atom stereocenters. The molecule has 2 aromatic carbocycles. The van der Waals surface area contributed by atoms with Gasteiger partial charge in [-0.25, -0.2) is 0 Å². The van der Waals surface area contributed by atoms with E-state index in [0.717, 1.165) is 0 Å². The Morgan fingerprint density at radius 1 is 1.04 bits per heavy atom. The first-order chi connectivity index (χ1) is 12.4. The first kappa shape index (κ1) is 17.8. The fourth-order valence-corrected chi connectivity index (χ4v) is 2.73. The lowest BCUT2D eigenvalue weighted by atomic mass is 10.1. The lowest BCUT2D eigenvalue weighted by Gasteiger charge is -2.12. The second kappa shape index (κ2) is 7.09. The minimum atomic E-state index is -0.639. The third-order valence-electron chi connectivity index (χ3n) is 3.70. The SMILES string of the molecule is COc1ccc(-c2oc3ccc(Cl)cc3c(=O)c2OC(C)=O)cc1OC. The predicted octanol–water partition coefficient (Wildman–Crippen LogP) is 4.06. The van der Waals surface area contributed by atoms with Crippen LogP contribution in [0.2, 0.25) is 5.02 Å². The first-order valence-electron chi connectivity index (χ1n) is 7.61. The monoisotopic (exact) mass is 374 g/mol. The van der Waals surface area contributed by atoms with Crippen LogP contribution in [0.3, 0.4) is 0 Å². The van der Waals surface area contributed by atoms with Crippen LogP contribution in [0.4, 0.5) is 0 Å². The van der Waals surface area contributed by atoms with E-state index in [1.807, 2.05) is 0 Å². The van der Waals surface area contributed by atoms with Crippen LogP contribution in [0, 0.1) is 0 Å². The molecule has 0 amide bonds. The molecule has 0 aliphatic heterocycles. The summed E-state index contributed by atoms with van der Waals surface area (Å²) < 4.78 is 21.5. The molecule has 0 N–H and O–H groups in total. The van der Waals surface area contributed by atoms with Gasteiger partial charge < -0.3 is 18.6 Å². The average Bonchev–Trinajstić information content (AvgIpc) is 2.63. The fraction of sp³-hybridized carbons (Fsp3) is 0.158. The van der Waals surface area contributed by atoms with Gasteiger partial charge in [0.25, 0.3) is 0 Å². The number of esters is 1. The second-order valence-corrected chi connectivity index (χ2v) is 5.83. The van der Waals surface area contributed by atoms with E-state index in [4.69, 9.17) is 30.2 Å². The van der Waals surface area contributed by atoms with Crippen LogP contribution in [0.15, 0.2) is 45.6 Å². The summed E-state index contributed by atoms with van der Waals surface area (Å²) in [7, 11) is 3.01. The molecule has 0 saturated carbocycles. The van der Waals surface area contributed by atoms with Crippen molar-refractivity contribution in [2.45, 2.75) is 6.92 Å². The highest BCUT2D eigenvalue weighted by atomic mass is 35.5. The summed E-state index contributed by atoms with van der Waals surface area (Å²) in [6, 6.07) is 9.63. The van der Waals surface area contributed by atoms with E-state index >= 15 is 0 Å². The molecule has 6 nitrogen and oxygen atoms in total. The maximum atomic E-state index is 12.8. The first-order valence-corrected chi connectivity index (χ1v) is 7.99. The molecule has 0 spiro atoms. The third kappa shape index (κ3) is 3.23. The van der Waals surface area contributed by atoms with Crippen LogP contribution in [0.1, 0.15) is 6.92 Å². The zero-order chi connectivity index (χ0) is 18.8. The number of carbonyl (C=O) groups excluding carboxylic acids is 1. The lowest BCUT2D eigenvalue weighted by molar-refractivity contribution is -0.131. The minimum absolute atomic E-state index is 0.112. The zero-order valence-corrected chi connectivity index (χ0v) is 15.0. The van der Waals surface area contributed by atoms with Gasteiger partial charge in [0.1, 0.15) is 5.58 Å². The van der Waals surface area contributed by atoms with Gasteiger partial charge in [-0.1, -0.05) is 11.6 Å². The Kier molecular flexibility index (Phi) is 4.86. The van der Waals surface area contributed by atoms with Gasteiger partial charge in [0.15, 0.2) is 17.3 Å². The normalized spacial score (nSPS) is 10.6. The summed E-state index contributed by atoms with van der Waals surface area (Å²) in [5, 5.41) is 0.593. The van der Waals surface area contributed by atoms with Crippen molar-refractivity contribution in [1.29, 1.82) is 0 Å². The Morgan fingerprint density at radius 2 is 1.77 bits per heavy atom. The van der Waals surface area contributed by atoms with Crippen molar-refractivity contribution < 1.29 is 23.4 Å². The van der Waals surface area contributed by atoms with Crippen molar-refractivity contribution in [3.63, 3.8) is 0 Å². The van der Waals surface area contributed by atoms with E-state index in [1.54, 1.807) is 30.3 Å². The number of fused-ring (bicyclic) bond motifs is 1. The summed E-state index contributed by atoms with van der Waals surface area (Å²) in [6.45, 7) is 1.21. The van der Waals surface area contributed by atoms with Gasteiger partial charge in [-0.05, 0) is 36.4 Å². The highest BCUT2D eigenvalue weighted by Gasteiger charge is 2.20. The number of halogens is 1. The average molecular weight is 375 g/mol. The van der Waals surface area contributed by atoms with Crippen LogP contribution >= 0.6 is 11.6 Å². The Morgan fingerprint density at radius 3 is 2.42 bits per heavy atom. The summed E-state index contributed by atoms with van der Waals surface area (Å²) in [6.07, 6.45) is 0. The van der Waals surface area contributed by atoms with Crippen LogP contribution in [-0.4, -0.2) is 20.2 Å². The number of ether oxygens (including phenoxy) is 3. The minimum Gasteiger partial charge on any atom is -0.493 e. The number of benzene rings is 2. The van der Waals surface area contributed by atoms with Crippen LogP contribution in [0.5, 0.6) is 17.2 Å². The van der Waals surface area contributed by atoms with E-state index < -0.39 is 11.4 Å². The maximum absolute atomic E-state index is 12.8. The zero-order valence-electron chi connectivity index (χ0n) is 14.3. The molecule has 1 aromatic heterocycles. The van der Waals surface area contributed by atoms with E-state index in [2.05, 4.69) is 0 Å². The van der Waals surface area contributed by atoms with Crippen LogP contribution < -0.4 is 19.6 Å². The quantitative estimate of drug-likeness (QED) is 0.641. The molecule has 0 aliphatic rings. The maximum Gasteiger partial charge on any atom is 0.308 e. The third-order valence-corrected chi connectivity index (χ3v) is 3.94. The topological polar surface area (TPSA) is 75.0 Å². The van der Waals surface area contributed by atoms with Crippen molar-refractivity contribution in [2.75, 3.05) is 14.2 Å². The van der Waals surface area contributed by atoms with Crippen molar-refractivity contribution >= 4 is 28.5 Å². The Labute approximate surface area is 153 Å². The van der Waals surface area contributed by atoms with Gasteiger partial charge in [0.2, 0.25) is 11.2 Å². The second-order valence-electron chi connectivity index (χ2n) is 5.39. The summed E-state index contributed by atoms with van der Waals surface area (Å²) in [5.41, 5.74) is 0.321. The Bertz CT molecular complexity index is 1050. The number of rotatable bonds is 4. The molecular weight excluding hydrogens is 360 g/mol. The van der Waals surface area contributed by atoms with Crippen LogP contribution in [0.25, 0.3) is 22.3 Å². The Balaban J connectivity index is 2.32. The lowest BCUT2D eigenvalue weighted by Crippen LogP contribution is -2.13. The summed E-state index contributed by atoms with van der Waals surface area (Å²) >= 11 is 5.96. The van der Waals surface area contributed by atoms with Gasteiger partial charge in [0.05, 0.1) is 19.6 Å². The van der Waals surface area contributed by atoms with Crippen LogP contribution in [-0.2, 0) is 4.79 Å². The van der Waals surface area contributed by atoms with Gasteiger partial charge in [0, 0.05) is 17.5 Å². The molecule has 0 saturated heterocycles. The molecule has 0 bridgehead atoms. The van der Waals surface area contributed by atoms with E-state index in [9.17, 15) is 9.59 Å². The van der Waals surface area contributed by atoms with Crippen molar-refractivity contribution in [3.8, 4) is 28.6 Å². The van der Waals surface area contributed by atoms with Gasteiger partial charge >= 0.3 is 5.97 Å². The van der Waals surface area contributed by atoms with E-state index in [-0.39, 0.29) is 16.9 Å². The number of carbonyl (C=O) groups is 1. The number of hydrogen-bond acceptors (Lipinski definition) is 6. The molecule has 3 rings (SSSR count). The van der Waals surface area contributed by atoms with Gasteiger partial charge in [-0.2, -0.15) is 0 Å². The molecule has 3 aromatic rings. The number of methoxy groups -OCH3 is 2. The smallest absolute Gasteiger partial charge is 0.308 e. The summed E-state index contributed by atoms with van der Waals surface area (Å²) in [4.78, 5) is 24.3. The molecule has 0 fully saturated rings. The highest BCUT2D eigenvalue weighted by molar-refractivity contribution is 6.31. The van der Waals surface area contributed by atoms with Gasteiger partial charge in [-0.3, -0.25) is 9.59 Å². The van der Waals surface area contributed by atoms with E-state index in [1.165, 1.54) is 27.2 Å². The van der Waals surface area contributed by atoms with Crippen molar-refractivity contribution in [3.05, 3.63) is 51.6 Å². The molecule has 0 aliphatic carbocycles. The standard InChI is InChI=1S/C19H15ClO6/c1-10(21)25-19-17(22)13-9-12(20)5-7-14(13)26-18(19)11-4-6-15(23-2)16(8-11)24-3/h4-9H,1-3H3. The number of hydrogen-bond donors (Lipinski definition) is 0. The molecule has 134 valence electrons. The molecule has 0 unspecified atom stereocenters. The van der Waals surface area contributed by atoms with Crippen molar-refractivity contribution in [1.82, 2.24) is 0 Å². The molecule has 0 radical (unpaired) electrons. The molecular formula is C19H15ClO6. The molecule has 7 heteroatoms. The fourth-order valence-electron chi connectivity index (χ4n) is 2.55. The summed E-state index contributed by atoms with van der Waals surface area (Å²) in [5.74, 6) is 0.221. The van der Waals surface area contributed by atoms with Crippen molar-refractivity contribution in [2.24, 2.45) is 0 Å². The highest BCUT2D eigenvalue weighted by Crippen LogP contribution is 2.37. The predicted molar refractivity (Wildman–Crippen MR) is 97.3 cm³/mol. The van der Waals surface area contributed by atoms with E-state index in [0.29, 0.717) is 27.7 Å².